The third kappa shape index (κ3) is 1.27. The van der Waals surface area contributed by atoms with Crippen molar-refractivity contribution in [3.8, 4) is 11.4 Å². The van der Waals surface area contributed by atoms with Gasteiger partial charge >= 0.3 is 0 Å². The van der Waals surface area contributed by atoms with Crippen LogP contribution < -0.4 is 0 Å². The molecule has 3 aromatic rings. The Morgan fingerprint density at radius 1 is 1.12 bits per heavy atom. The molecule has 16 heavy (non-hydrogen) atoms. The van der Waals surface area contributed by atoms with Gasteiger partial charge in [0.1, 0.15) is 5.52 Å². The number of aryl methyl sites for hydroxylation is 2. The highest BCUT2D eigenvalue weighted by Gasteiger charge is 2.07. The molecule has 0 spiro atoms. The second-order valence-corrected chi connectivity index (χ2v) is 3.66. The van der Waals surface area contributed by atoms with Crippen molar-refractivity contribution >= 4 is 11.2 Å². The van der Waals surface area contributed by atoms with E-state index in [0.717, 1.165) is 16.7 Å². The van der Waals surface area contributed by atoms with Crippen molar-refractivity contribution in [3.63, 3.8) is 0 Å². The molecule has 3 aromatic heterocycles. The lowest BCUT2D eigenvalue weighted by Crippen LogP contribution is -1.92. The SMILES string of the molecule is Cn1cc(-c2ncc3ncn(C)c3n2)cn1. The largest absolute Gasteiger partial charge is 0.318 e. The summed E-state index contributed by atoms with van der Waals surface area (Å²) in [7, 11) is 3.78. The Kier molecular flexibility index (Phi) is 1.76. The molecule has 0 aromatic carbocycles. The van der Waals surface area contributed by atoms with Gasteiger partial charge in [0, 0.05) is 20.3 Å². The van der Waals surface area contributed by atoms with Crippen LogP contribution in [0.1, 0.15) is 0 Å². The van der Waals surface area contributed by atoms with Crippen LogP contribution >= 0.6 is 0 Å². The lowest BCUT2D eigenvalue weighted by Gasteiger charge is -1.96. The molecule has 0 aliphatic rings. The zero-order chi connectivity index (χ0) is 11.1. The summed E-state index contributed by atoms with van der Waals surface area (Å²) in [5.74, 6) is 0.671. The van der Waals surface area contributed by atoms with Crippen molar-refractivity contribution in [1.82, 2.24) is 29.3 Å². The van der Waals surface area contributed by atoms with Crippen molar-refractivity contribution in [2.45, 2.75) is 0 Å². The van der Waals surface area contributed by atoms with E-state index in [2.05, 4.69) is 20.1 Å². The fourth-order valence-corrected chi connectivity index (χ4v) is 1.60. The number of aromatic nitrogens is 6. The highest BCUT2D eigenvalue weighted by Crippen LogP contribution is 2.16. The molecule has 0 radical (unpaired) electrons. The predicted octanol–water partition coefficient (Wildman–Crippen LogP) is 0.764. The highest BCUT2D eigenvalue weighted by atomic mass is 15.2. The van der Waals surface area contributed by atoms with E-state index in [9.17, 15) is 0 Å². The molecule has 3 rings (SSSR count). The highest BCUT2D eigenvalue weighted by molar-refractivity contribution is 5.72. The van der Waals surface area contributed by atoms with Crippen LogP contribution in [0.3, 0.4) is 0 Å². The number of rotatable bonds is 1. The van der Waals surface area contributed by atoms with E-state index in [1.54, 1.807) is 23.4 Å². The summed E-state index contributed by atoms with van der Waals surface area (Å²) < 4.78 is 3.60. The van der Waals surface area contributed by atoms with Crippen LogP contribution in [0.2, 0.25) is 0 Å². The first-order chi connectivity index (χ1) is 7.74. The molecule has 0 atom stereocenters. The van der Waals surface area contributed by atoms with E-state index in [-0.39, 0.29) is 0 Å². The molecule has 0 amide bonds. The van der Waals surface area contributed by atoms with Crippen molar-refractivity contribution < 1.29 is 0 Å². The molecule has 0 N–H and O–H groups in total. The molecule has 0 aliphatic heterocycles. The molecule has 6 nitrogen and oxygen atoms in total. The fourth-order valence-electron chi connectivity index (χ4n) is 1.60. The van der Waals surface area contributed by atoms with Gasteiger partial charge in [-0.3, -0.25) is 4.68 Å². The van der Waals surface area contributed by atoms with Gasteiger partial charge < -0.3 is 4.57 Å². The van der Waals surface area contributed by atoms with Crippen LogP contribution in [-0.4, -0.2) is 29.3 Å². The minimum atomic E-state index is 0.671. The van der Waals surface area contributed by atoms with Gasteiger partial charge in [-0.15, -0.1) is 0 Å². The van der Waals surface area contributed by atoms with Crippen LogP contribution in [0, 0.1) is 0 Å². The Balaban J connectivity index is 2.21. The molecular formula is C10H10N6. The molecular weight excluding hydrogens is 204 g/mol. The molecule has 3 heterocycles. The average Bonchev–Trinajstić information content (AvgIpc) is 2.86. The van der Waals surface area contributed by atoms with Gasteiger partial charge in [-0.25, -0.2) is 15.0 Å². The minimum absolute atomic E-state index is 0.671. The van der Waals surface area contributed by atoms with Crippen molar-refractivity contribution in [1.29, 1.82) is 0 Å². The quantitative estimate of drug-likeness (QED) is 0.600. The second kappa shape index (κ2) is 3.13. The average molecular weight is 214 g/mol. The molecule has 0 fully saturated rings. The summed E-state index contributed by atoms with van der Waals surface area (Å²) in [6.07, 6.45) is 7.09. The summed E-state index contributed by atoms with van der Waals surface area (Å²) in [4.78, 5) is 12.9. The number of hydrogen-bond donors (Lipinski definition) is 0. The number of nitrogens with zero attached hydrogens (tertiary/aromatic N) is 6. The maximum absolute atomic E-state index is 4.45. The van der Waals surface area contributed by atoms with Gasteiger partial charge in [-0.1, -0.05) is 0 Å². The maximum Gasteiger partial charge on any atom is 0.164 e. The van der Waals surface area contributed by atoms with Gasteiger partial charge in [0.15, 0.2) is 11.5 Å². The Morgan fingerprint density at radius 3 is 2.75 bits per heavy atom. The van der Waals surface area contributed by atoms with Crippen LogP contribution in [0.4, 0.5) is 0 Å². The predicted molar refractivity (Wildman–Crippen MR) is 58.5 cm³/mol. The number of fused-ring (bicyclic) bond motifs is 1. The van der Waals surface area contributed by atoms with Crippen molar-refractivity contribution in [2.75, 3.05) is 0 Å². The number of imidazole rings is 1. The van der Waals surface area contributed by atoms with E-state index in [1.807, 2.05) is 24.9 Å². The van der Waals surface area contributed by atoms with Gasteiger partial charge in [-0.05, 0) is 0 Å². The zero-order valence-corrected chi connectivity index (χ0v) is 8.99. The number of hydrogen-bond acceptors (Lipinski definition) is 4. The summed E-state index contributed by atoms with van der Waals surface area (Å²) in [5.41, 5.74) is 2.54. The third-order valence-corrected chi connectivity index (χ3v) is 2.42. The minimum Gasteiger partial charge on any atom is -0.318 e. The second-order valence-electron chi connectivity index (χ2n) is 3.66. The van der Waals surface area contributed by atoms with Crippen LogP contribution in [0.15, 0.2) is 24.9 Å². The van der Waals surface area contributed by atoms with Crippen molar-refractivity contribution in [3.05, 3.63) is 24.9 Å². The van der Waals surface area contributed by atoms with Gasteiger partial charge in [0.25, 0.3) is 0 Å². The van der Waals surface area contributed by atoms with Gasteiger partial charge in [-0.2, -0.15) is 5.10 Å². The molecule has 6 heteroatoms. The maximum atomic E-state index is 4.45. The first-order valence-corrected chi connectivity index (χ1v) is 4.87. The smallest absolute Gasteiger partial charge is 0.164 e. The fraction of sp³-hybridized carbons (Fsp3) is 0.200. The van der Waals surface area contributed by atoms with Gasteiger partial charge in [0.2, 0.25) is 0 Å². The summed E-state index contributed by atoms with van der Waals surface area (Å²) >= 11 is 0. The monoisotopic (exact) mass is 214 g/mol. The molecule has 0 unspecified atom stereocenters. The van der Waals surface area contributed by atoms with Crippen LogP contribution in [-0.2, 0) is 14.1 Å². The molecule has 80 valence electrons. The van der Waals surface area contributed by atoms with E-state index in [0.29, 0.717) is 5.82 Å². The third-order valence-electron chi connectivity index (χ3n) is 2.42. The Bertz CT molecular complexity index is 650. The summed E-state index contributed by atoms with van der Waals surface area (Å²) in [6, 6.07) is 0. The lowest BCUT2D eigenvalue weighted by atomic mass is 10.3. The van der Waals surface area contributed by atoms with Crippen LogP contribution in [0.25, 0.3) is 22.6 Å². The lowest BCUT2D eigenvalue weighted by molar-refractivity contribution is 0.768. The first kappa shape index (κ1) is 9.02. The van der Waals surface area contributed by atoms with Crippen molar-refractivity contribution in [2.24, 2.45) is 14.1 Å². The van der Waals surface area contributed by atoms with Gasteiger partial charge in [0.05, 0.1) is 24.3 Å². The summed E-state index contributed by atoms with van der Waals surface area (Å²) in [5, 5.41) is 4.10. The molecule has 0 saturated carbocycles. The van der Waals surface area contributed by atoms with E-state index in [4.69, 9.17) is 0 Å². The molecule has 0 aliphatic carbocycles. The standard InChI is InChI=1S/C10H10N6/c1-15-6-12-8-4-11-9(14-10(8)15)7-3-13-16(2)5-7/h3-6H,1-2H3. The normalized spacial score (nSPS) is 11.1. The zero-order valence-electron chi connectivity index (χ0n) is 8.99. The first-order valence-electron chi connectivity index (χ1n) is 4.87. The van der Waals surface area contributed by atoms with E-state index in [1.165, 1.54) is 0 Å². The Labute approximate surface area is 91.6 Å². The summed E-state index contributed by atoms with van der Waals surface area (Å²) in [6.45, 7) is 0. The Morgan fingerprint density at radius 2 is 2.00 bits per heavy atom. The topological polar surface area (TPSA) is 61.4 Å². The van der Waals surface area contributed by atoms with E-state index < -0.39 is 0 Å². The molecule has 0 bridgehead atoms. The molecule has 0 saturated heterocycles. The Hall–Kier alpha value is -2.24. The van der Waals surface area contributed by atoms with E-state index >= 15 is 0 Å². The van der Waals surface area contributed by atoms with Crippen LogP contribution in [0.5, 0.6) is 0 Å².